The van der Waals surface area contributed by atoms with Gasteiger partial charge in [0.1, 0.15) is 0 Å². The molecule has 3 atom stereocenters. The zero-order valence-electron chi connectivity index (χ0n) is 13.1. The molecule has 17 heavy (non-hydrogen) atoms. The Bertz CT molecular complexity index is 180. The van der Waals surface area contributed by atoms with Crippen molar-refractivity contribution in [1.82, 2.24) is 10.2 Å². The van der Waals surface area contributed by atoms with Crippen LogP contribution in [0.4, 0.5) is 0 Å². The molecule has 0 aliphatic heterocycles. The van der Waals surface area contributed by atoms with Gasteiger partial charge in [0.2, 0.25) is 0 Å². The second kappa shape index (κ2) is 8.93. The van der Waals surface area contributed by atoms with Gasteiger partial charge >= 0.3 is 0 Å². The average Bonchev–Trinajstić information content (AvgIpc) is 2.26. The van der Waals surface area contributed by atoms with Gasteiger partial charge in [0.25, 0.3) is 0 Å². The van der Waals surface area contributed by atoms with Gasteiger partial charge in [0.05, 0.1) is 0 Å². The van der Waals surface area contributed by atoms with E-state index in [1.807, 2.05) is 0 Å². The molecule has 0 radical (unpaired) electrons. The molecule has 0 heterocycles. The zero-order chi connectivity index (χ0) is 13.4. The number of rotatable bonds is 9. The molecule has 0 spiro atoms. The average molecular weight is 242 g/mol. The van der Waals surface area contributed by atoms with Gasteiger partial charge in [-0.3, -0.25) is 0 Å². The van der Waals surface area contributed by atoms with Gasteiger partial charge in [0, 0.05) is 18.6 Å². The van der Waals surface area contributed by atoms with Gasteiger partial charge in [0.15, 0.2) is 0 Å². The van der Waals surface area contributed by atoms with E-state index in [9.17, 15) is 0 Å². The van der Waals surface area contributed by atoms with E-state index in [2.05, 4.69) is 58.8 Å². The molecule has 0 aromatic rings. The Hall–Kier alpha value is -0.0800. The Balaban J connectivity index is 4.23. The molecule has 0 aromatic heterocycles. The molecule has 0 saturated heterocycles. The fourth-order valence-corrected chi connectivity index (χ4v) is 2.34. The predicted octanol–water partition coefficient (Wildman–Crippen LogP) is 3.38. The summed E-state index contributed by atoms with van der Waals surface area (Å²) < 4.78 is 0. The van der Waals surface area contributed by atoms with Crippen LogP contribution in [0.25, 0.3) is 0 Å². The summed E-state index contributed by atoms with van der Waals surface area (Å²) in [7, 11) is 2.26. The minimum atomic E-state index is 0.629. The predicted molar refractivity (Wildman–Crippen MR) is 78.5 cm³/mol. The maximum Gasteiger partial charge on any atom is 0.0220 e. The zero-order valence-corrected chi connectivity index (χ0v) is 13.1. The van der Waals surface area contributed by atoms with Crippen molar-refractivity contribution in [3.63, 3.8) is 0 Å². The topological polar surface area (TPSA) is 15.3 Å². The highest BCUT2D eigenvalue weighted by atomic mass is 15.1. The van der Waals surface area contributed by atoms with Gasteiger partial charge in [-0.2, -0.15) is 0 Å². The first kappa shape index (κ1) is 16.9. The van der Waals surface area contributed by atoms with Crippen LogP contribution in [0.15, 0.2) is 0 Å². The van der Waals surface area contributed by atoms with Crippen LogP contribution in [0.1, 0.15) is 54.4 Å². The Morgan fingerprint density at radius 2 is 1.65 bits per heavy atom. The summed E-state index contributed by atoms with van der Waals surface area (Å²) in [4.78, 5) is 2.51. The molecule has 0 aromatic carbocycles. The minimum Gasteiger partial charge on any atom is -0.313 e. The monoisotopic (exact) mass is 242 g/mol. The first-order valence-corrected chi connectivity index (χ1v) is 7.35. The summed E-state index contributed by atoms with van der Waals surface area (Å²) >= 11 is 0. The Morgan fingerprint density at radius 1 is 1.06 bits per heavy atom. The van der Waals surface area contributed by atoms with Crippen LogP contribution in [0, 0.1) is 11.8 Å². The van der Waals surface area contributed by atoms with E-state index >= 15 is 0 Å². The maximum atomic E-state index is 3.63. The van der Waals surface area contributed by atoms with Gasteiger partial charge in [-0.25, -0.2) is 0 Å². The number of nitrogens with zero attached hydrogens (tertiary/aromatic N) is 1. The van der Waals surface area contributed by atoms with Crippen LogP contribution in [-0.4, -0.2) is 37.1 Å². The quantitative estimate of drug-likeness (QED) is 0.667. The first-order chi connectivity index (χ1) is 7.92. The van der Waals surface area contributed by atoms with Crippen LogP contribution in [0.3, 0.4) is 0 Å². The Labute approximate surface area is 109 Å². The summed E-state index contributed by atoms with van der Waals surface area (Å²) in [6.07, 6.45) is 2.54. The Morgan fingerprint density at radius 3 is 2.06 bits per heavy atom. The highest BCUT2D eigenvalue weighted by molar-refractivity contribution is 4.77. The Kier molecular flexibility index (Phi) is 8.89. The van der Waals surface area contributed by atoms with Gasteiger partial charge in [-0.05, 0) is 38.8 Å². The summed E-state index contributed by atoms with van der Waals surface area (Å²) in [6, 6.07) is 1.31. The normalized spacial score (nSPS) is 17.5. The lowest BCUT2D eigenvalue weighted by Crippen LogP contribution is -2.46. The molecule has 0 aliphatic carbocycles. The summed E-state index contributed by atoms with van der Waals surface area (Å²) in [6.45, 7) is 16.0. The van der Waals surface area contributed by atoms with Crippen LogP contribution in [0.5, 0.6) is 0 Å². The number of hydrogen-bond donors (Lipinski definition) is 1. The lowest BCUT2D eigenvalue weighted by atomic mass is 9.97. The van der Waals surface area contributed by atoms with Crippen molar-refractivity contribution in [2.45, 2.75) is 66.5 Å². The standard InChI is InChI=1S/C15H34N2/c1-8-13(5)15(16-9-2)11-17(7)14(6)10-12(3)4/h12-16H,8-11H2,1-7H3. The summed E-state index contributed by atoms with van der Waals surface area (Å²) in [5.74, 6) is 1.54. The SMILES string of the molecule is CCNC(CN(C)C(C)CC(C)C)C(C)CC. The molecule has 0 saturated carbocycles. The van der Waals surface area contributed by atoms with E-state index in [4.69, 9.17) is 0 Å². The summed E-state index contributed by atoms with van der Waals surface area (Å²) in [5.41, 5.74) is 0. The van der Waals surface area contributed by atoms with Crippen LogP contribution in [-0.2, 0) is 0 Å². The number of likely N-dealkylation sites (N-methyl/N-ethyl adjacent to an activating group) is 2. The van der Waals surface area contributed by atoms with Crippen LogP contribution >= 0.6 is 0 Å². The lowest BCUT2D eigenvalue weighted by molar-refractivity contribution is 0.184. The van der Waals surface area contributed by atoms with Crippen molar-refractivity contribution < 1.29 is 0 Å². The molecular formula is C15H34N2. The molecule has 1 N–H and O–H groups in total. The summed E-state index contributed by atoms with van der Waals surface area (Å²) in [5, 5.41) is 3.63. The molecule has 0 fully saturated rings. The van der Waals surface area contributed by atoms with Gasteiger partial charge in [-0.15, -0.1) is 0 Å². The van der Waals surface area contributed by atoms with Crippen LogP contribution in [0.2, 0.25) is 0 Å². The highest BCUT2D eigenvalue weighted by Gasteiger charge is 2.19. The van der Waals surface area contributed by atoms with Crippen molar-refractivity contribution in [3.05, 3.63) is 0 Å². The van der Waals surface area contributed by atoms with Crippen molar-refractivity contribution in [2.24, 2.45) is 11.8 Å². The van der Waals surface area contributed by atoms with Crippen LogP contribution < -0.4 is 5.32 Å². The van der Waals surface area contributed by atoms with Crippen molar-refractivity contribution in [2.75, 3.05) is 20.1 Å². The van der Waals surface area contributed by atoms with E-state index in [-0.39, 0.29) is 0 Å². The van der Waals surface area contributed by atoms with Crippen molar-refractivity contribution in [1.29, 1.82) is 0 Å². The molecule has 0 aliphatic rings. The third-order valence-electron chi connectivity index (χ3n) is 3.85. The van der Waals surface area contributed by atoms with E-state index in [1.165, 1.54) is 12.8 Å². The van der Waals surface area contributed by atoms with Crippen molar-refractivity contribution in [3.8, 4) is 0 Å². The highest BCUT2D eigenvalue weighted by Crippen LogP contribution is 2.13. The second-order valence-electron chi connectivity index (χ2n) is 5.97. The minimum absolute atomic E-state index is 0.629. The van der Waals surface area contributed by atoms with E-state index in [0.29, 0.717) is 12.1 Å². The van der Waals surface area contributed by atoms with E-state index in [0.717, 1.165) is 24.9 Å². The molecular weight excluding hydrogens is 208 g/mol. The van der Waals surface area contributed by atoms with E-state index < -0.39 is 0 Å². The second-order valence-corrected chi connectivity index (χ2v) is 5.97. The third kappa shape index (κ3) is 7.05. The molecule has 0 bridgehead atoms. The fraction of sp³-hybridized carbons (Fsp3) is 1.00. The molecule has 2 heteroatoms. The molecule has 3 unspecified atom stereocenters. The third-order valence-corrected chi connectivity index (χ3v) is 3.85. The number of hydrogen-bond acceptors (Lipinski definition) is 2. The molecule has 0 amide bonds. The van der Waals surface area contributed by atoms with Gasteiger partial charge in [-0.1, -0.05) is 41.0 Å². The largest absolute Gasteiger partial charge is 0.313 e. The number of nitrogens with one attached hydrogen (secondary N) is 1. The molecule has 0 rings (SSSR count). The van der Waals surface area contributed by atoms with Crippen molar-refractivity contribution >= 4 is 0 Å². The fourth-order valence-electron chi connectivity index (χ4n) is 2.34. The van der Waals surface area contributed by atoms with Gasteiger partial charge < -0.3 is 10.2 Å². The first-order valence-electron chi connectivity index (χ1n) is 7.35. The lowest BCUT2D eigenvalue weighted by Gasteiger charge is -2.33. The maximum absolute atomic E-state index is 3.63. The smallest absolute Gasteiger partial charge is 0.0220 e. The van der Waals surface area contributed by atoms with E-state index in [1.54, 1.807) is 0 Å². The molecule has 2 nitrogen and oxygen atoms in total. The molecule has 104 valence electrons.